The van der Waals surface area contributed by atoms with E-state index in [1.54, 1.807) is 0 Å². The van der Waals surface area contributed by atoms with Crippen LogP contribution in [0.2, 0.25) is 0 Å². The maximum atomic E-state index is 11.8. The molecule has 0 aromatic heterocycles. The number of ether oxygens (including phenoxy) is 2. The van der Waals surface area contributed by atoms with Gasteiger partial charge in [-0.25, -0.2) is 0 Å². The Morgan fingerprint density at radius 3 is 1.78 bits per heavy atom. The molecule has 2 atom stereocenters. The molecule has 2 aliphatic carbocycles. The fourth-order valence-corrected chi connectivity index (χ4v) is 3.86. The van der Waals surface area contributed by atoms with E-state index in [1.165, 1.54) is 27.1 Å². The molecule has 4 heteroatoms. The molecule has 0 bridgehead atoms. The predicted molar refractivity (Wildman–Crippen MR) is 65.8 cm³/mol. The molecule has 0 amide bonds. The van der Waals surface area contributed by atoms with Crippen LogP contribution >= 0.6 is 0 Å². The van der Waals surface area contributed by atoms with Gasteiger partial charge in [-0.3, -0.25) is 9.59 Å². The average Bonchev–Trinajstić information content (AvgIpc) is 2.83. The molecule has 2 rings (SSSR count). The maximum Gasteiger partial charge on any atom is 0.308 e. The Hall–Kier alpha value is -1.06. The Labute approximate surface area is 108 Å². The Morgan fingerprint density at radius 1 is 0.944 bits per heavy atom. The number of methoxy groups -OCH3 is 2. The summed E-state index contributed by atoms with van der Waals surface area (Å²) in [5, 5.41) is 0. The van der Waals surface area contributed by atoms with Gasteiger partial charge in [-0.15, -0.1) is 0 Å². The zero-order valence-electron chi connectivity index (χ0n) is 11.2. The van der Waals surface area contributed by atoms with Gasteiger partial charge >= 0.3 is 11.9 Å². The van der Waals surface area contributed by atoms with Crippen LogP contribution in [0.3, 0.4) is 0 Å². The van der Waals surface area contributed by atoms with Crippen molar-refractivity contribution in [1.82, 2.24) is 0 Å². The molecule has 0 N–H and O–H groups in total. The number of carbonyl (C=O) groups is 2. The number of rotatable bonds is 2. The smallest absolute Gasteiger partial charge is 0.308 e. The van der Waals surface area contributed by atoms with Gasteiger partial charge < -0.3 is 9.47 Å². The molecular weight excluding hydrogens is 232 g/mol. The van der Waals surface area contributed by atoms with Crippen LogP contribution < -0.4 is 0 Å². The van der Waals surface area contributed by atoms with Gasteiger partial charge in [-0.05, 0) is 37.5 Å². The summed E-state index contributed by atoms with van der Waals surface area (Å²) in [5.74, 6) is -0.610. The van der Waals surface area contributed by atoms with E-state index in [4.69, 9.17) is 9.47 Å². The summed E-state index contributed by atoms with van der Waals surface area (Å²) in [5.41, 5.74) is 0.177. The third-order valence-electron chi connectivity index (χ3n) is 4.66. The Morgan fingerprint density at radius 2 is 1.39 bits per heavy atom. The van der Waals surface area contributed by atoms with Gasteiger partial charge in [0.2, 0.25) is 0 Å². The van der Waals surface area contributed by atoms with Crippen LogP contribution in [0.15, 0.2) is 0 Å². The summed E-state index contributed by atoms with van der Waals surface area (Å²) in [4.78, 5) is 23.6. The van der Waals surface area contributed by atoms with Crippen molar-refractivity contribution < 1.29 is 19.1 Å². The largest absolute Gasteiger partial charge is 0.469 e. The molecule has 0 aliphatic heterocycles. The molecule has 1 spiro atoms. The van der Waals surface area contributed by atoms with Gasteiger partial charge in [0.25, 0.3) is 0 Å². The maximum absolute atomic E-state index is 11.8. The van der Waals surface area contributed by atoms with Crippen molar-refractivity contribution in [1.29, 1.82) is 0 Å². The van der Waals surface area contributed by atoms with Crippen LogP contribution in [-0.4, -0.2) is 26.2 Å². The summed E-state index contributed by atoms with van der Waals surface area (Å²) in [6.07, 6.45) is 7.03. The predicted octanol–water partition coefficient (Wildman–Crippen LogP) is 2.31. The summed E-state index contributed by atoms with van der Waals surface area (Å²) < 4.78 is 9.73. The molecule has 0 heterocycles. The fraction of sp³-hybridized carbons (Fsp3) is 0.857. The third-order valence-corrected chi connectivity index (χ3v) is 4.66. The first kappa shape index (κ1) is 13.4. The monoisotopic (exact) mass is 254 g/mol. The van der Waals surface area contributed by atoms with E-state index in [2.05, 4.69) is 0 Å². The van der Waals surface area contributed by atoms with Crippen molar-refractivity contribution in [3.05, 3.63) is 0 Å². The van der Waals surface area contributed by atoms with Crippen molar-refractivity contribution in [3.8, 4) is 0 Å². The van der Waals surface area contributed by atoms with E-state index in [0.717, 1.165) is 25.7 Å². The van der Waals surface area contributed by atoms with Crippen LogP contribution in [0.5, 0.6) is 0 Å². The Balaban J connectivity index is 2.14. The van der Waals surface area contributed by atoms with Gasteiger partial charge in [0.15, 0.2) is 0 Å². The van der Waals surface area contributed by atoms with Crippen LogP contribution in [0.25, 0.3) is 0 Å². The number of esters is 2. The van der Waals surface area contributed by atoms with Gasteiger partial charge in [0, 0.05) is 0 Å². The second kappa shape index (κ2) is 5.29. The molecule has 4 nitrogen and oxygen atoms in total. The molecule has 0 saturated heterocycles. The minimum absolute atomic E-state index is 0.133. The molecule has 2 aliphatic rings. The summed E-state index contributed by atoms with van der Waals surface area (Å²) in [7, 11) is 2.84. The number of hydrogen-bond donors (Lipinski definition) is 0. The van der Waals surface area contributed by atoms with Crippen LogP contribution in [0.1, 0.15) is 44.9 Å². The van der Waals surface area contributed by atoms with Crippen molar-refractivity contribution in [2.45, 2.75) is 44.9 Å². The van der Waals surface area contributed by atoms with Crippen LogP contribution in [0, 0.1) is 17.3 Å². The lowest BCUT2D eigenvalue weighted by molar-refractivity contribution is -0.155. The first-order valence-corrected chi connectivity index (χ1v) is 6.76. The molecule has 2 saturated carbocycles. The molecule has 0 aromatic carbocycles. The first-order chi connectivity index (χ1) is 8.60. The zero-order chi connectivity index (χ0) is 13.2. The normalized spacial score (nSPS) is 30.1. The van der Waals surface area contributed by atoms with Gasteiger partial charge in [0.1, 0.15) is 0 Å². The number of carbonyl (C=O) groups excluding carboxylic acids is 2. The molecule has 18 heavy (non-hydrogen) atoms. The first-order valence-electron chi connectivity index (χ1n) is 6.76. The number of hydrogen-bond acceptors (Lipinski definition) is 4. The van der Waals surface area contributed by atoms with Crippen molar-refractivity contribution >= 4 is 11.9 Å². The minimum Gasteiger partial charge on any atom is -0.469 e. The standard InChI is InChI=1S/C14H22O4/c1-17-12(15)10-7-11(13(16)18-2)9-14(8-10)5-3-4-6-14/h10-11H,3-9H2,1-2H3. The lowest BCUT2D eigenvalue weighted by Gasteiger charge is -2.40. The highest BCUT2D eigenvalue weighted by Gasteiger charge is 2.46. The Bertz CT molecular complexity index is 305. The van der Waals surface area contributed by atoms with E-state index in [9.17, 15) is 9.59 Å². The van der Waals surface area contributed by atoms with E-state index in [-0.39, 0.29) is 29.2 Å². The van der Waals surface area contributed by atoms with Crippen LogP contribution in [0.4, 0.5) is 0 Å². The topological polar surface area (TPSA) is 52.6 Å². The van der Waals surface area contributed by atoms with E-state index in [0.29, 0.717) is 6.42 Å². The molecule has 2 fully saturated rings. The molecule has 0 radical (unpaired) electrons. The van der Waals surface area contributed by atoms with E-state index in [1.807, 2.05) is 0 Å². The second-order valence-electron chi connectivity index (χ2n) is 5.79. The van der Waals surface area contributed by atoms with Crippen molar-refractivity contribution in [3.63, 3.8) is 0 Å². The quantitative estimate of drug-likeness (QED) is 0.710. The lowest BCUT2D eigenvalue weighted by atomic mass is 9.64. The highest BCUT2D eigenvalue weighted by atomic mass is 16.5. The van der Waals surface area contributed by atoms with Crippen LogP contribution in [-0.2, 0) is 19.1 Å². The highest BCUT2D eigenvalue weighted by molar-refractivity contribution is 5.76. The highest BCUT2D eigenvalue weighted by Crippen LogP contribution is 2.52. The van der Waals surface area contributed by atoms with E-state index >= 15 is 0 Å². The molecule has 102 valence electrons. The zero-order valence-corrected chi connectivity index (χ0v) is 11.2. The molecular formula is C14H22O4. The van der Waals surface area contributed by atoms with Gasteiger partial charge in [0.05, 0.1) is 26.1 Å². The molecule has 2 unspecified atom stereocenters. The SMILES string of the molecule is COC(=O)C1CC(C(=O)OC)CC2(CCCC2)C1. The Kier molecular flexibility index (Phi) is 3.93. The van der Waals surface area contributed by atoms with Gasteiger partial charge in [-0.2, -0.15) is 0 Å². The third kappa shape index (κ3) is 2.52. The lowest BCUT2D eigenvalue weighted by Crippen LogP contribution is -2.38. The summed E-state index contributed by atoms with van der Waals surface area (Å²) in [6, 6.07) is 0. The second-order valence-corrected chi connectivity index (χ2v) is 5.79. The van der Waals surface area contributed by atoms with E-state index < -0.39 is 0 Å². The molecule has 0 aromatic rings. The van der Waals surface area contributed by atoms with Crippen molar-refractivity contribution in [2.24, 2.45) is 17.3 Å². The fourth-order valence-electron chi connectivity index (χ4n) is 3.86. The minimum atomic E-state index is -0.171. The van der Waals surface area contributed by atoms with Gasteiger partial charge in [-0.1, -0.05) is 12.8 Å². The summed E-state index contributed by atoms with van der Waals surface area (Å²) >= 11 is 0. The summed E-state index contributed by atoms with van der Waals surface area (Å²) in [6.45, 7) is 0. The average molecular weight is 254 g/mol. The van der Waals surface area contributed by atoms with Crippen molar-refractivity contribution in [2.75, 3.05) is 14.2 Å².